The van der Waals surface area contributed by atoms with Crippen LogP contribution < -0.4 is 14.5 Å². The average Bonchev–Trinajstić information content (AvgIpc) is 3.97. The highest BCUT2D eigenvalue weighted by molar-refractivity contribution is 5.96. The van der Waals surface area contributed by atoms with Gasteiger partial charge in [-0.05, 0) is 112 Å². The number of aromatic amines is 1. The number of hydrogen-bond donors (Lipinski definition) is 3. The predicted molar refractivity (Wildman–Crippen MR) is 246 cm³/mol. The molecule has 1 saturated carbocycles. The number of likely N-dealkylation sites (N-methyl/N-ethyl adjacent to an activating group) is 1. The number of esters is 3. The molecule has 2 aromatic carbocycles. The second-order valence-corrected chi connectivity index (χ2v) is 20.5. The number of piperidine rings is 2. The van der Waals surface area contributed by atoms with Crippen LogP contribution in [-0.4, -0.2) is 140 Å². The first kappa shape index (κ1) is 44.1. The Balaban J connectivity index is 1.26. The lowest BCUT2D eigenvalue weighted by atomic mass is 9.47. The van der Waals surface area contributed by atoms with Gasteiger partial charge in [0.05, 0.1) is 33.0 Å². The molecule has 10 rings (SSSR count). The molecule has 7 aliphatic rings. The largest absolute Gasteiger partial charge is 0.496 e. The molecule has 1 aromatic heterocycles. The van der Waals surface area contributed by atoms with E-state index in [-0.39, 0.29) is 12.0 Å². The number of anilines is 2. The van der Waals surface area contributed by atoms with E-state index in [0.717, 1.165) is 59.3 Å². The van der Waals surface area contributed by atoms with E-state index in [1.54, 1.807) is 7.11 Å². The zero-order valence-corrected chi connectivity index (χ0v) is 39.2. The van der Waals surface area contributed by atoms with Gasteiger partial charge in [0.15, 0.2) is 6.10 Å². The first-order valence-electron chi connectivity index (χ1n) is 24.0. The smallest absolute Gasteiger partial charge is 0.344 e. The first-order valence-corrected chi connectivity index (χ1v) is 24.0. The summed E-state index contributed by atoms with van der Waals surface area (Å²) < 4.78 is 24.3. The number of fused-ring (bicyclic) bond motifs is 6. The minimum absolute atomic E-state index is 0.109. The third-order valence-electron chi connectivity index (χ3n) is 17.5. The van der Waals surface area contributed by atoms with Crippen molar-refractivity contribution in [1.29, 1.82) is 0 Å². The van der Waals surface area contributed by atoms with Gasteiger partial charge in [0.25, 0.3) is 0 Å². The SMILES string of the molecule is CC[C@]1(O)C[C@H]2CN(CCc3c([nH]c4ccc(N5CCCCC5)cc34)[C@@](C(=O)OC)(c3cc4c(cc3OC)N(C)[C@H]3[C@@](O)(C(=O)OC)[C@H](OC(C)=O)[C@]5(CC)CC=CN6CC[C@]43[C@@H]65)C2)C1. The second kappa shape index (κ2) is 15.7. The Labute approximate surface area is 382 Å². The number of carbonyl (C=O) groups is 3. The molecule has 1 spiro atoms. The van der Waals surface area contributed by atoms with Gasteiger partial charge >= 0.3 is 17.9 Å². The average molecular weight is 894 g/mol. The molecule has 350 valence electrons. The highest BCUT2D eigenvalue weighted by atomic mass is 16.6. The fourth-order valence-corrected chi connectivity index (χ4v) is 14.9. The van der Waals surface area contributed by atoms with E-state index in [9.17, 15) is 19.8 Å². The molecule has 4 fully saturated rings. The summed E-state index contributed by atoms with van der Waals surface area (Å²) in [6.07, 6.45) is 10.1. The van der Waals surface area contributed by atoms with Crippen LogP contribution in [0.15, 0.2) is 42.6 Å². The van der Waals surface area contributed by atoms with E-state index in [0.29, 0.717) is 82.4 Å². The highest BCUT2D eigenvalue weighted by Gasteiger charge is 2.80. The van der Waals surface area contributed by atoms with Crippen LogP contribution in [0.3, 0.4) is 0 Å². The molecule has 14 heteroatoms. The number of ether oxygens (including phenoxy) is 4. The standard InChI is InChI=1S/C51H67N5O9/c1-8-47(60)27-32-28-50(45(58)63-6,41-34(16-22-54(29-32)30-47)35-24-33(14-15-38(35)52-41)55-19-11-10-12-20-55)37-25-36-39(26-40(37)62-5)53(4)43-49(36)18-23-56-21-13-17-48(9-2,42(49)56)44(65-31(3)57)51(43,61)46(59)64-7/h13-15,21,24-26,32,42-44,52,60-61H,8-12,16-20,22-23,27-30H2,1-7H3/t32-,42+,43-,44-,47+,48-,49-,50+,51+/m1/s1. The minimum Gasteiger partial charge on any atom is -0.496 e. The normalized spacial score (nSPS) is 35.8. The fourth-order valence-electron chi connectivity index (χ4n) is 14.9. The van der Waals surface area contributed by atoms with E-state index in [1.165, 1.54) is 33.3 Å². The van der Waals surface area contributed by atoms with Crippen LogP contribution in [-0.2, 0) is 45.8 Å². The maximum absolute atomic E-state index is 15.6. The van der Waals surface area contributed by atoms with Crippen LogP contribution in [0, 0.1) is 11.3 Å². The summed E-state index contributed by atoms with van der Waals surface area (Å²) >= 11 is 0. The zero-order valence-electron chi connectivity index (χ0n) is 39.2. The van der Waals surface area contributed by atoms with E-state index >= 15 is 4.79 Å². The second-order valence-electron chi connectivity index (χ2n) is 20.5. The lowest BCUT2D eigenvalue weighted by Gasteiger charge is -2.64. The van der Waals surface area contributed by atoms with Gasteiger partial charge in [-0.25, -0.2) is 4.79 Å². The number of hydrogen-bond acceptors (Lipinski definition) is 13. The van der Waals surface area contributed by atoms with Crippen molar-refractivity contribution in [2.75, 3.05) is 77.4 Å². The molecule has 3 N–H and O–H groups in total. The van der Waals surface area contributed by atoms with Crippen molar-refractivity contribution in [3.05, 3.63) is 65.0 Å². The minimum atomic E-state index is -2.29. The van der Waals surface area contributed by atoms with Crippen LogP contribution in [0.5, 0.6) is 5.75 Å². The van der Waals surface area contributed by atoms with Gasteiger partial charge in [-0.2, -0.15) is 0 Å². The first-order chi connectivity index (χ1) is 31.2. The molecule has 65 heavy (non-hydrogen) atoms. The number of rotatable bonds is 8. The molecule has 6 aliphatic heterocycles. The van der Waals surface area contributed by atoms with E-state index in [1.807, 2.05) is 31.9 Å². The van der Waals surface area contributed by atoms with Crippen molar-refractivity contribution < 1.29 is 43.5 Å². The molecule has 0 amide bonds. The molecule has 10 atom stereocenters. The highest BCUT2D eigenvalue weighted by Crippen LogP contribution is 2.69. The summed E-state index contributed by atoms with van der Waals surface area (Å²) in [7, 11) is 6.22. The summed E-state index contributed by atoms with van der Waals surface area (Å²) in [5.74, 6) is -1.53. The number of aliphatic hydroxyl groups is 2. The maximum atomic E-state index is 15.6. The van der Waals surface area contributed by atoms with E-state index in [2.05, 4.69) is 56.2 Å². The number of aromatic nitrogens is 1. The Morgan fingerprint density at radius 3 is 2.35 bits per heavy atom. The number of benzene rings is 2. The van der Waals surface area contributed by atoms with Crippen molar-refractivity contribution in [2.24, 2.45) is 11.3 Å². The van der Waals surface area contributed by atoms with E-state index < -0.39 is 57.5 Å². The number of H-pyrrole nitrogens is 1. The monoisotopic (exact) mass is 893 g/mol. The van der Waals surface area contributed by atoms with Gasteiger partial charge < -0.3 is 48.8 Å². The van der Waals surface area contributed by atoms with Crippen LogP contribution in [0.2, 0.25) is 0 Å². The van der Waals surface area contributed by atoms with Crippen molar-refractivity contribution in [3.8, 4) is 5.75 Å². The predicted octanol–water partition coefficient (Wildman–Crippen LogP) is 5.33. The lowest BCUT2D eigenvalue weighted by Crippen LogP contribution is -2.81. The quantitative estimate of drug-likeness (QED) is 0.197. The molecule has 14 nitrogen and oxygen atoms in total. The van der Waals surface area contributed by atoms with Crippen LogP contribution in [0.25, 0.3) is 10.9 Å². The number of methoxy groups -OCH3 is 3. The van der Waals surface area contributed by atoms with Gasteiger partial charge in [0.2, 0.25) is 5.60 Å². The van der Waals surface area contributed by atoms with Crippen molar-refractivity contribution in [1.82, 2.24) is 14.8 Å². The van der Waals surface area contributed by atoms with Gasteiger partial charge in [-0.1, -0.05) is 19.9 Å². The van der Waals surface area contributed by atoms with Crippen LogP contribution >= 0.6 is 0 Å². The Morgan fingerprint density at radius 2 is 1.66 bits per heavy atom. The Kier molecular flexibility index (Phi) is 10.6. The summed E-state index contributed by atoms with van der Waals surface area (Å²) in [5.41, 5.74) is -0.315. The van der Waals surface area contributed by atoms with Crippen molar-refractivity contribution >= 4 is 40.2 Å². The molecule has 1 aliphatic carbocycles. The van der Waals surface area contributed by atoms with Crippen molar-refractivity contribution in [3.63, 3.8) is 0 Å². The third kappa shape index (κ3) is 6.03. The molecular weight excluding hydrogens is 827 g/mol. The number of allylic oxidation sites excluding steroid dienone is 1. The molecule has 1 unspecified atom stereocenters. The van der Waals surface area contributed by atoms with Gasteiger partial charge in [-0.3, -0.25) is 14.5 Å². The molecular formula is C51H67N5O9. The Morgan fingerprint density at radius 1 is 0.892 bits per heavy atom. The Bertz CT molecular complexity index is 2450. The maximum Gasteiger partial charge on any atom is 0.344 e. The van der Waals surface area contributed by atoms with Crippen LogP contribution in [0.1, 0.15) is 101 Å². The van der Waals surface area contributed by atoms with Gasteiger partial charge in [0, 0.05) is 110 Å². The molecule has 0 radical (unpaired) electrons. The zero-order chi connectivity index (χ0) is 45.8. The summed E-state index contributed by atoms with van der Waals surface area (Å²) in [4.78, 5) is 56.2. The molecule has 3 aromatic rings. The van der Waals surface area contributed by atoms with Gasteiger partial charge in [-0.15, -0.1) is 0 Å². The molecule has 3 saturated heterocycles. The summed E-state index contributed by atoms with van der Waals surface area (Å²) in [6.45, 7) is 9.99. The third-order valence-corrected chi connectivity index (χ3v) is 17.5. The lowest BCUT2D eigenvalue weighted by molar-refractivity contribution is -0.235. The number of nitrogens with one attached hydrogen (secondary N) is 1. The molecule has 7 heterocycles. The number of nitrogens with zero attached hydrogens (tertiary/aromatic N) is 4. The topological polar surface area (TPSA) is 157 Å². The molecule has 2 bridgehead atoms. The fraction of sp³-hybridized carbons (Fsp3) is 0.627. The summed E-state index contributed by atoms with van der Waals surface area (Å²) in [5, 5.41) is 26.7. The Hall–Kier alpha value is -4.79. The van der Waals surface area contributed by atoms with Gasteiger partial charge in [0.1, 0.15) is 11.2 Å². The van der Waals surface area contributed by atoms with E-state index in [4.69, 9.17) is 18.9 Å². The summed E-state index contributed by atoms with van der Waals surface area (Å²) in [6, 6.07) is 9.49. The van der Waals surface area contributed by atoms with Crippen molar-refractivity contribution in [2.45, 2.75) is 125 Å². The number of carbonyl (C=O) groups excluding carboxylic acids is 3. The van der Waals surface area contributed by atoms with Crippen LogP contribution in [0.4, 0.5) is 11.4 Å².